The Bertz CT molecular complexity index is 845. The molecule has 0 radical (unpaired) electrons. The molecule has 122 valence electrons. The number of para-hydroxylation sites is 1. The number of carbonyl (C=O) groups is 1. The van der Waals surface area contributed by atoms with Crippen molar-refractivity contribution in [2.45, 2.75) is 32.9 Å². The summed E-state index contributed by atoms with van der Waals surface area (Å²) >= 11 is 0. The van der Waals surface area contributed by atoms with Gasteiger partial charge < -0.3 is 4.90 Å². The molecule has 0 aliphatic heterocycles. The van der Waals surface area contributed by atoms with Crippen molar-refractivity contribution in [2.75, 3.05) is 0 Å². The van der Waals surface area contributed by atoms with E-state index in [0.29, 0.717) is 12.1 Å². The van der Waals surface area contributed by atoms with Gasteiger partial charge in [0.15, 0.2) is 0 Å². The fourth-order valence-corrected chi connectivity index (χ4v) is 2.81. The first kappa shape index (κ1) is 16.2. The van der Waals surface area contributed by atoms with Gasteiger partial charge in [0.2, 0.25) is 0 Å². The van der Waals surface area contributed by atoms with Crippen molar-refractivity contribution in [3.8, 4) is 0 Å². The third-order valence-corrected chi connectivity index (χ3v) is 4.12. The van der Waals surface area contributed by atoms with Crippen LogP contribution in [0.5, 0.6) is 0 Å². The highest BCUT2D eigenvalue weighted by molar-refractivity contribution is 6.06. The number of rotatable bonds is 3. The molecule has 3 rings (SSSR count). The van der Waals surface area contributed by atoms with Gasteiger partial charge in [0.05, 0.1) is 11.1 Å². The van der Waals surface area contributed by atoms with Crippen molar-refractivity contribution in [3.05, 3.63) is 78.0 Å². The van der Waals surface area contributed by atoms with E-state index in [4.69, 9.17) is 0 Å². The zero-order valence-electron chi connectivity index (χ0n) is 14.4. The molecule has 0 spiro atoms. The van der Waals surface area contributed by atoms with Crippen LogP contribution in [0.4, 0.5) is 0 Å². The van der Waals surface area contributed by atoms with Gasteiger partial charge in [-0.05, 0) is 38.5 Å². The van der Waals surface area contributed by atoms with Gasteiger partial charge in [-0.2, -0.15) is 0 Å². The molecule has 1 amide bonds. The molecule has 0 aliphatic carbocycles. The Hall–Kier alpha value is -2.68. The first-order valence-corrected chi connectivity index (χ1v) is 8.16. The van der Waals surface area contributed by atoms with Crippen LogP contribution in [0.15, 0.2) is 66.9 Å². The molecule has 0 saturated heterocycles. The first-order valence-electron chi connectivity index (χ1n) is 8.16. The molecule has 0 fully saturated rings. The summed E-state index contributed by atoms with van der Waals surface area (Å²) in [6.07, 6.45) is 1.71. The lowest BCUT2D eigenvalue weighted by Gasteiger charge is -2.36. The second kappa shape index (κ2) is 6.44. The summed E-state index contributed by atoms with van der Waals surface area (Å²) in [5, 5.41) is 0.896. The predicted octanol–water partition coefficient (Wildman–Crippen LogP) is 4.68. The van der Waals surface area contributed by atoms with Crippen molar-refractivity contribution in [2.24, 2.45) is 0 Å². The van der Waals surface area contributed by atoms with E-state index in [0.717, 1.165) is 16.5 Å². The maximum absolute atomic E-state index is 13.3. The lowest BCUT2D eigenvalue weighted by atomic mass is 10.0. The number of fused-ring (bicyclic) bond motifs is 1. The number of pyridine rings is 1. The number of nitrogens with zero attached hydrogens (tertiary/aromatic N) is 2. The summed E-state index contributed by atoms with van der Waals surface area (Å²) in [7, 11) is 0. The van der Waals surface area contributed by atoms with Gasteiger partial charge in [-0.25, -0.2) is 0 Å². The van der Waals surface area contributed by atoms with Crippen LogP contribution in [0.25, 0.3) is 10.9 Å². The highest BCUT2D eigenvalue weighted by Gasteiger charge is 2.28. The van der Waals surface area contributed by atoms with Gasteiger partial charge in [0.1, 0.15) is 0 Å². The van der Waals surface area contributed by atoms with Gasteiger partial charge in [-0.3, -0.25) is 9.78 Å². The monoisotopic (exact) mass is 318 g/mol. The number of hydrogen-bond acceptors (Lipinski definition) is 2. The Balaban J connectivity index is 2.02. The highest BCUT2D eigenvalue weighted by Crippen LogP contribution is 2.24. The van der Waals surface area contributed by atoms with E-state index in [1.54, 1.807) is 6.20 Å². The lowest BCUT2D eigenvalue weighted by molar-refractivity contribution is 0.0561. The smallest absolute Gasteiger partial charge is 0.255 e. The molecule has 0 bridgehead atoms. The minimum Gasteiger partial charge on any atom is -0.329 e. The maximum Gasteiger partial charge on any atom is 0.255 e. The predicted molar refractivity (Wildman–Crippen MR) is 97.8 cm³/mol. The minimum absolute atomic E-state index is 0.0324. The molecule has 0 unspecified atom stereocenters. The first-order chi connectivity index (χ1) is 11.5. The molecule has 0 N–H and O–H groups in total. The standard InChI is InChI=1S/C21H22N2O/c1-21(2,3)23(15-16-9-5-4-6-10-16)20(24)18-13-14-22-19-12-8-7-11-17(18)19/h4-14H,15H2,1-3H3. The number of amides is 1. The van der Waals surface area contributed by atoms with Crippen LogP contribution in [0.2, 0.25) is 0 Å². The number of aromatic nitrogens is 1. The number of carbonyl (C=O) groups excluding carboxylic acids is 1. The topological polar surface area (TPSA) is 33.2 Å². The molecule has 3 heteroatoms. The third kappa shape index (κ3) is 3.30. The molecular formula is C21H22N2O. The minimum atomic E-state index is -0.280. The van der Waals surface area contributed by atoms with Crippen LogP contribution in [0.1, 0.15) is 36.7 Å². The van der Waals surface area contributed by atoms with Crippen molar-refractivity contribution in [1.82, 2.24) is 9.88 Å². The van der Waals surface area contributed by atoms with Crippen LogP contribution in [-0.2, 0) is 6.54 Å². The van der Waals surface area contributed by atoms with E-state index in [2.05, 4.69) is 37.9 Å². The maximum atomic E-state index is 13.3. The van der Waals surface area contributed by atoms with Crippen LogP contribution in [0.3, 0.4) is 0 Å². The normalized spacial score (nSPS) is 11.5. The van der Waals surface area contributed by atoms with Gasteiger partial charge in [0, 0.05) is 23.7 Å². The molecule has 1 aromatic heterocycles. The fourth-order valence-electron chi connectivity index (χ4n) is 2.81. The Morgan fingerprint density at radius 1 is 0.958 bits per heavy atom. The van der Waals surface area contributed by atoms with E-state index in [-0.39, 0.29) is 11.4 Å². The second-order valence-electron chi connectivity index (χ2n) is 6.92. The molecule has 0 saturated carbocycles. The van der Waals surface area contributed by atoms with E-state index >= 15 is 0 Å². The Labute approximate surface area is 143 Å². The quantitative estimate of drug-likeness (QED) is 0.703. The molecule has 24 heavy (non-hydrogen) atoms. The van der Waals surface area contributed by atoms with E-state index in [1.165, 1.54) is 0 Å². The fraction of sp³-hybridized carbons (Fsp3) is 0.238. The van der Waals surface area contributed by atoms with Crippen molar-refractivity contribution < 1.29 is 4.79 Å². The van der Waals surface area contributed by atoms with Gasteiger partial charge in [0.25, 0.3) is 5.91 Å². The molecule has 0 aliphatic rings. The Kier molecular flexibility index (Phi) is 4.34. The number of benzene rings is 2. The van der Waals surface area contributed by atoms with E-state index in [9.17, 15) is 4.79 Å². The van der Waals surface area contributed by atoms with Gasteiger partial charge in [-0.15, -0.1) is 0 Å². The Morgan fingerprint density at radius 3 is 2.33 bits per heavy atom. The number of hydrogen-bond donors (Lipinski definition) is 0. The summed E-state index contributed by atoms with van der Waals surface area (Å²) in [5.74, 6) is 0.0324. The summed E-state index contributed by atoms with van der Waals surface area (Å²) in [4.78, 5) is 19.6. The van der Waals surface area contributed by atoms with Crippen molar-refractivity contribution >= 4 is 16.8 Å². The summed E-state index contributed by atoms with van der Waals surface area (Å²) in [5.41, 5.74) is 2.39. The van der Waals surface area contributed by atoms with E-state index < -0.39 is 0 Å². The van der Waals surface area contributed by atoms with Crippen LogP contribution < -0.4 is 0 Å². The SMILES string of the molecule is CC(C)(C)N(Cc1ccccc1)C(=O)c1ccnc2ccccc12. The molecule has 1 heterocycles. The Morgan fingerprint density at radius 2 is 1.62 bits per heavy atom. The summed E-state index contributed by atoms with van der Waals surface area (Å²) in [6, 6.07) is 19.7. The molecular weight excluding hydrogens is 296 g/mol. The summed E-state index contributed by atoms with van der Waals surface area (Å²) < 4.78 is 0. The largest absolute Gasteiger partial charge is 0.329 e. The van der Waals surface area contributed by atoms with Crippen molar-refractivity contribution in [1.29, 1.82) is 0 Å². The molecule has 2 aromatic carbocycles. The van der Waals surface area contributed by atoms with E-state index in [1.807, 2.05) is 53.4 Å². The van der Waals surface area contributed by atoms with Crippen LogP contribution in [0, 0.1) is 0 Å². The zero-order valence-corrected chi connectivity index (χ0v) is 14.4. The van der Waals surface area contributed by atoms with Crippen LogP contribution in [-0.4, -0.2) is 21.3 Å². The molecule has 3 nitrogen and oxygen atoms in total. The average Bonchev–Trinajstić information content (AvgIpc) is 2.58. The summed E-state index contributed by atoms with van der Waals surface area (Å²) in [6.45, 7) is 6.78. The third-order valence-electron chi connectivity index (χ3n) is 4.12. The van der Waals surface area contributed by atoms with Crippen molar-refractivity contribution in [3.63, 3.8) is 0 Å². The second-order valence-corrected chi connectivity index (χ2v) is 6.92. The lowest BCUT2D eigenvalue weighted by Crippen LogP contribution is -2.45. The van der Waals surface area contributed by atoms with Crippen LogP contribution >= 0.6 is 0 Å². The van der Waals surface area contributed by atoms with Gasteiger partial charge >= 0.3 is 0 Å². The molecule has 3 aromatic rings. The highest BCUT2D eigenvalue weighted by atomic mass is 16.2. The average molecular weight is 318 g/mol. The van der Waals surface area contributed by atoms with Gasteiger partial charge in [-0.1, -0.05) is 48.5 Å². The zero-order chi connectivity index (χ0) is 17.2. The molecule has 0 atom stereocenters.